The molecule has 0 unspecified atom stereocenters. The van der Waals surface area contributed by atoms with Gasteiger partial charge in [-0.15, -0.1) is 0 Å². The summed E-state index contributed by atoms with van der Waals surface area (Å²) in [5.74, 6) is -1.31. The van der Waals surface area contributed by atoms with E-state index in [-0.39, 0.29) is 28.6 Å². The van der Waals surface area contributed by atoms with Gasteiger partial charge in [-0.3, -0.25) is 14.4 Å². The smallest absolute Gasteiger partial charge is 0.263 e. The van der Waals surface area contributed by atoms with Crippen molar-refractivity contribution in [2.75, 3.05) is 13.1 Å². The van der Waals surface area contributed by atoms with Gasteiger partial charge in [0, 0.05) is 25.3 Å². The van der Waals surface area contributed by atoms with Gasteiger partial charge in [-0.1, -0.05) is 42.5 Å². The Hall–Kier alpha value is -3.74. The third-order valence-electron chi connectivity index (χ3n) is 5.68. The molecule has 164 valence electrons. The van der Waals surface area contributed by atoms with Crippen molar-refractivity contribution in [1.29, 1.82) is 0 Å². The Labute approximate surface area is 185 Å². The van der Waals surface area contributed by atoms with Gasteiger partial charge in [0.1, 0.15) is 11.4 Å². The minimum Gasteiger partial charge on any atom is -0.349 e. The number of carbonyl (C=O) groups excluding carboxylic acids is 2. The molecule has 1 N–H and O–H groups in total. The SMILES string of the molecule is O=C(NC1CCN(C(=O)c2ccccc2F)CC1)c1cccn(Cc2ccccc2)c1=O. The summed E-state index contributed by atoms with van der Waals surface area (Å²) in [6, 6.07) is 18.5. The molecule has 6 nitrogen and oxygen atoms in total. The van der Waals surface area contributed by atoms with Crippen LogP contribution in [0.4, 0.5) is 4.39 Å². The molecule has 2 amide bonds. The van der Waals surface area contributed by atoms with Gasteiger partial charge in [-0.05, 0) is 42.7 Å². The van der Waals surface area contributed by atoms with E-state index in [0.29, 0.717) is 32.5 Å². The highest BCUT2D eigenvalue weighted by Crippen LogP contribution is 2.16. The number of amides is 2. The highest BCUT2D eigenvalue weighted by molar-refractivity contribution is 5.95. The second kappa shape index (κ2) is 9.60. The molecule has 0 bridgehead atoms. The molecule has 0 radical (unpaired) electrons. The number of nitrogens with zero attached hydrogens (tertiary/aromatic N) is 2. The molecule has 1 aliphatic heterocycles. The second-order valence-electron chi connectivity index (χ2n) is 7.86. The summed E-state index contributed by atoms with van der Waals surface area (Å²) in [4.78, 5) is 39.7. The first kappa shape index (κ1) is 21.5. The van der Waals surface area contributed by atoms with Crippen molar-refractivity contribution < 1.29 is 14.0 Å². The van der Waals surface area contributed by atoms with E-state index in [2.05, 4.69) is 5.32 Å². The van der Waals surface area contributed by atoms with Gasteiger partial charge in [-0.2, -0.15) is 0 Å². The third kappa shape index (κ3) is 4.77. The van der Waals surface area contributed by atoms with Crippen LogP contribution in [-0.4, -0.2) is 40.4 Å². The Morgan fingerprint density at radius 3 is 2.28 bits per heavy atom. The van der Waals surface area contributed by atoms with Crippen LogP contribution in [0.25, 0.3) is 0 Å². The molecular weight excluding hydrogens is 409 g/mol. The van der Waals surface area contributed by atoms with Crippen molar-refractivity contribution in [3.63, 3.8) is 0 Å². The molecule has 2 aromatic carbocycles. The minimum atomic E-state index is -0.538. The van der Waals surface area contributed by atoms with Crippen LogP contribution in [0.5, 0.6) is 0 Å². The van der Waals surface area contributed by atoms with E-state index >= 15 is 0 Å². The average molecular weight is 433 g/mol. The first-order chi connectivity index (χ1) is 15.5. The van der Waals surface area contributed by atoms with Gasteiger partial charge in [0.25, 0.3) is 17.4 Å². The van der Waals surface area contributed by atoms with Gasteiger partial charge in [-0.25, -0.2) is 4.39 Å². The number of benzene rings is 2. The number of likely N-dealkylation sites (tertiary alicyclic amines) is 1. The number of piperidine rings is 1. The van der Waals surface area contributed by atoms with Crippen LogP contribution in [0, 0.1) is 5.82 Å². The normalized spacial score (nSPS) is 14.2. The summed E-state index contributed by atoms with van der Waals surface area (Å²) >= 11 is 0. The first-order valence-electron chi connectivity index (χ1n) is 10.6. The Bertz CT molecular complexity index is 1170. The summed E-state index contributed by atoms with van der Waals surface area (Å²) in [5.41, 5.74) is 0.770. The lowest BCUT2D eigenvalue weighted by Gasteiger charge is -2.32. The van der Waals surface area contributed by atoms with E-state index in [9.17, 15) is 18.8 Å². The lowest BCUT2D eigenvalue weighted by atomic mass is 10.0. The molecule has 3 aromatic rings. The van der Waals surface area contributed by atoms with Gasteiger partial charge in [0.05, 0.1) is 12.1 Å². The Balaban J connectivity index is 1.37. The molecule has 0 atom stereocenters. The summed E-state index contributed by atoms with van der Waals surface area (Å²) in [6.45, 7) is 1.20. The summed E-state index contributed by atoms with van der Waals surface area (Å²) in [5, 5.41) is 2.91. The van der Waals surface area contributed by atoms with Crippen LogP contribution in [0.15, 0.2) is 77.7 Å². The molecular formula is C25H24FN3O3. The van der Waals surface area contributed by atoms with Crippen molar-refractivity contribution in [3.05, 3.63) is 106 Å². The van der Waals surface area contributed by atoms with E-state index < -0.39 is 11.7 Å². The van der Waals surface area contributed by atoms with Crippen molar-refractivity contribution >= 4 is 11.8 Å². The Kier molecular flexibility index (Phi) is 6.44. The predicted molar refractivity (Wildman–Crippen MR) is 119 cm³/mol. The largest absolute Gasteiger partial charge is 0.349 e. The van der Waals surface area contributed by atoms with E-state index in [1.54, 1.807) is 29.3 Å². The Morgan fingerprint density at radius 2 is 1.56 bits per heavy atom. The molecule has 0 aliphatic carbocycles. The van der Waals surface area contributed by atoms with Crippen LogP contribution in [-0.2, 0) is 6.54 Å². The van der Waals surface area contributed by atoms with E-state index in [4.69, 9.17) is 0 Å². The number of pyridine rings is 1. The van der Waals surface area contributed by atoms with Crippen LogP contribution in [0.2, 0.25) is 0 Å². The van der Waals surface area contributed by atoms with Crippen molar-refractivity contribution in [2.45, 2.75) is 25.4 Å². The first-order valence-corrected chi connectivity index (χ1v) is 10.6. The van der Waals surface area contributed by atoms with E-state index in [0.717, 1.165) is 5.56 Å². The van der Waals surface area contributed by atoms with Gasteiger partial charge >= 0.3 is 0 Å². The summed E-state index contributed by atoms with van der Waals surface area (Å²) in [6.07, 6.45) is 2.74. The monoisotopic (exact) mass is 433 g/mol. The molecule has 1 aliphatic rings. The maximum absolute atomic E-state index is 13.9. The molecule has 1 saturated heterocycles. The van der Waals surface area contributed by atoms with E-state index in [1.165, 1.54) is 22.8 Å². The number of carbonyl (C=O) groups is 2. The molecule has 1 fully saturated rings. The molecule has 32 heavy (non-hydrogen) atoms. The number of hydrogen-bond acceptors (Lipinski definition) is 3. The van der Waals surface area contributed by atoms with Crippen LogP contribution >= 0.6 is 0 Å². The number of hydrogen-bond donors (Lipinski definition) is 1. The van der Waals surface area contributed by atoms with Gasteiger partial charge in [0.2, 0.25) is 0 Å². The minimum absolute atomic E-state index is 0.0539. The van der Waals surface area contributed by atoms with Crippen LogP contribution < -0.4 is 10.9 Å². The standard InChI is InChI=1S/C25H24FN3O3/c26-22-11-5-4-9-20(22)24(31)28-15-12-19(13-16-28)27-23(30)21-10-6-14-29(25(21)32)17-18-7-2-1-3-8-18/h1-11,14,19H,12-13,15-17H2,(H,27,30). The van der Waals surface area contributed by atoms with Gasteiger partial charge in [0.15, 0.2) is 0 Å². The maximum Gasteiger partial charge on any atom is 0.263 e. The maximum atomic E-state index is 13.9. The number of aromatic nitrogens is 1. The fourth-order valence-electron chi connectivity index (χ4n) is 3.91. The number of rotatable bonds is 5. The number of nitrogens with one attached hydrogen (secondary N) is 1. The third-order valence-corrected chi connectivity index (χ3v) is 5.68. The molecule has 2 heterocycles. The van der Waals surface area contributed by atoms with Gasteiger partial charge < -0.3 is 14.8 Å². The Morgan fingerprint density at radius 1 is 0.906 bits per heavy atom. The fraction of sp³-hybridized carbons (Fsp3) is 0.240. The molecule has 4 rings (SSSR count). The number of halogens is 1. The predicted octanol–water partition coefficient (Wildman–Crippen LogP) is 3.07. The lowest BCUT2D eigenvalue weighted by Crippen LogP contribution is -2.47. The molecule has 7 heteroatoms. The van der Waals surface area contributed by atoms with Crippen LogP contribution in [0.1, 0.15) is 39.1 Å². The van der Waals surface area contributed by atoms with Crippen molar-refractivity contribution in [3.8, 4) is 0 Å². The molecule has 0 saturated carbocycles. The molecule has 1 aromatic heterocycles. The zero-order valence-corrected chi connectivity index (χ0v) is 17.5. The zero-order chi connectivity index (χ0) is 22.5. The van der Waals surface area contributed by atoms with Crippen LogP contribution in [0.3, 0.4) is 0 Å². The molecule has 0 spiro atoms. The summed E-state index contributed by atoms with van der Waals surface area (Å²) < 4.78 is 15.4. The van der Waals surface area contributed by atoms with E-state index in [1.807, 2.05) is 30.3 Å². The highest BCUT2D eigenvalue weighted by atomic mass is 19.1. The second-order valence-corrected chi connectivity index (χ2v) is 7.86. The average Bonchev–Trinajstić information content (AvgIpc) is 2.81. The fourth-order valence-corrected chi connectivity index (χ4v) is 3.91. The van der Waals surface area contributed by atoms with Crippen molar-refractivity contribution in [2.24, 2.45) is 0 Å². The topological polar surface area (TPSA) is 71.4 Å². The quantitative estimate of drug-likeness (QED) is 0.672. The summed E-state index contributed by atoms with van der Waals surface area (Å²) in [7, 11) is 0. The zero-order valence-electron chi connectivity index (χ0n) is 17.5. The van der Waals surface area contributed by atoms with Crippen molar-refractivity contribution in [1.82, 2.24) is 14.8 Å². The highest BCUT2D eigenvalue weighted by Gasteiger charge is 2.26. The lowest BCUT2D eigenvalue weighted by molar-refractivity contribution is 0.0693.